The zero-order chi connectivity index (χ0) is 20.7. The number of nitrogens with zero attached hydrogens (tertiary/aromatic N) is 3. The Morgan fingerprint density at radius 3 is 2.40 bits per heavy atom. The molecule has 1 aliphatic heterocycles. The van der Waals surface area contributed by atoms with Gasteiger partial charge in [0.15, 0.2) is 5.76 Å². The van der Waals surface area contributed by atoms with Gasteiger partial charge in [0.2, 0.25) is 11.8 Å². The van der Waals surface area contributed by atoms with Crippen molar-refractivity contribution in [2.75, 3.05) is 10.2 Å². The van der Waals surface area contributed by atoms with Crippen LogP contribution < -0.4 is 10.2 Å². The van der Waals surface area contributed by atoms with E-state index in [4.69, 9.17) is 8.83 Å². The highest BCUT2D eigenvalue weighted by molar-refractivity contribution is 6.20. The summed E-state index contributed by atoms with van der Waals surface area (Å²) in [6.45, 7) is 0. The molecule has 1 saturated heterocycles. The number of carbonyl (C=O) groups excluding carboxylic acids is 3. The quantitative estimate of drug-likeness (QED) is 0.520. The molecule has 2 aromatic heterocycles. The molecule has 3 amide bonds. The Hall–Kier alpha value is -4.27. The Balaban J connectivity index is 1.31. The van der Waals surface area contributed by atoms with Crippen LogP contribution in [0.3, 0.4) is 0 Å². The van der Waals surface area contributed by atoms with Crippen LogP contribution in [0.5, 0.6) is 0 Å². The van der Waals surface area contributed by atoms with E-state index in [2.05, 4.69) is 15.5 Å². The molecule has 0 atom stereocenters. The molecule has 2 aromatic carbocycles. The molecule has 1 fully saturated rings. The first-order chi connectivity index (χ1) is 14.6. The van der Waals surface area contributed by atoms with Crippen molar-refractivity contribution in [2.24, 2.45) is 0 Å². The number of hydrogen-bond acceptors (Lipinski definition) is 7. The number of nitrogens with one attached hydrogen (secondary N) is 1. The molecule has 4 aromatic rings. The lowest BCUT2D eigenvalue weighted by Gasteiger charge is -2.13. The Kier molecular flexibility index (Phi) is 4.13. The second kappa shape index (κ2) is 6.96. The molecule has 0 radical (unpaired) electrons. The minimum absolute atomic E-state index is 0.0792. The SMILES string of the molecule is O=C(Nc1nnc(-c2cc3ccccc3o2)o1)c1ccc(N2C(=O)CCC2=O)cc1. The lowest BCUT2D eigenvalue weighted by atomic mass is 10.2. The number of rotatable bonds is 4. The average Bonchev–Trinajstić information content (AvgIpc) is 3.46. The molecule has 3 heterocycles. The highest BCUT2D eigenvalue weighted by atomic mass is 16.4. The van der Waals surface area contributed by atoms with Gasteiger partial charge in [-0.2, -0.15) is 0 Å². The summed E-state index contributed by atoms with van der Waals surface area (Å²) in [6.07, 6.45) is 0.400. The Morgan fingerprint density at radius 1 is 0.933 bits per heavy atom. The highest BCUT2D eigenvalue weighted by Gasteiger charge is 2.30. The summed E-state index contributed by atoms with van der Waals surface area (Å²) < 4.78 is 11.1. The number of furan rings is 1. The fraction of sp³-hybridized carbons (Fsp3) is 0.0952. The molecule has 0 saturated carbocycles. The van der Waals surface area contributed by atoms with Gasteiger partial charge in [0, 0.05) is 23.8 Å². The van der Waals surface area contributed by atoms with Crippen LogP contribution in [0.1, 0.15) is 23.2 Å². The van der Waals surface area contributed by atoms with Gasteiger partial charge >= 0.3 is 6.01 Å². The molecule has 0 unspecified atom stereocenters. The van der Waals surface area contributed by atoms with Crippen molar-refractivity contribution in [3.63, 3.8) is 0 Å². The monoisotopic (exact) mass is 402 g/mol. The number of anilines is 2. The van der Waals surface area contributed by atoms with Gasteiger partial charge in [-0.3, -0.25) is 24.6 Å². The summed E-state index contributed by atoms with van der Waals surface area (Å²) in [4.78, 5) is 37.2. The molecule has 0 spiro atoms. The maximum atomic E-state index is 12.5. The molecule has 1 N–H and O–H groups in total. The maximum absolute atomic E-state index is 12.5. The van der Waals surface area contributed by atoms with Crippen LogP contribution >= 0.6 is 0 Å². The van der Waals surface area contributed by atoms with Gasteiger partial charge in [-0.15, -0.1) is 5.10 Å². The first-order valence-corrected chi connectivity index (χ1v) is 9.18. The van der Waals surface area contributed by atoms with Crippen LogP contribution in [0.4, 0.5) is 11.7 Å². The summed E-state index contributed by atoms with van der Waals surface area (Å²) in [5, 5.41) is 11.1. The van der Waals surface area contributed by atoms with Gasteiger partial charge in [-0.05, 0) is 36.4 Å². The van der Waals surface area contributed by atoms with Crippen LogP contribution in [0.15, 0.2) is 63.4 Å². The van der Waals surface area contributed by atoms with Gasteiger partial charge in [-0.1, -0.05) is 23.3 Å². The van der Waals surface area contributed by atoms with Gasteiger partial charge in [0.05, 0.1) is 5.69 Å². The molecule has 9 heteroatoms. The molecule has 5 rings (SSSR count). The Bertz CT molecular complexity index is 1240. The van der Waals surface area contributed by atoms with Crippen molar-refractivity contribution < 1.29 is 23.2 Å². The number of aromatic nitrogens is 2. The molecule has 148 valence electrons. The molecule has 30 heavy (non-hydrogen) atoms. The maximum Gasteiger partial charge on any atom is 0.322 e. The van der Waals surface area contributed by atoms with Gasteiger partial charge in [0.25, 0.3) is 11.8 Å². The van der Waals surface area contributed by atoms with E-state index in [9.17, 15) is 14.4 Å². The minimum Gasteiger partial charge on any atom is -0.451 e. The lowest BCUT2D eigenvalue weighted by molar-refractivity contribution is -0.121. The van der Waals surface area contributed by atoms with Crippen molar-refractivity contribution in [3.8, 4) is 11.7 Å². The summed E-state index contributed by atoms with van der Waals surface area (Å²) >= 11 is 0. The number of fused-ring (bicyclic) bond motifs is 1. The number of hydrogen-bond donors (Lipinski definition) is 1. The predicted octanol–water partition coefficient (Wildman–Crippen LogP) is 3.39. The smallest absolute Gasteiger partial charge is 0.322 e. The normalized spacial score (nSPS) is 13.9. The standard InChI is InChI=1S/C21H14N4O5/c26-17-9-10-18(27)25(17)14-7-5-12(6-8-14)19(28)22-21-24-23-20(30-21)16-11-13-3-1-2-4-15(13)29-16/h1-8,11H,9-10H2,(H,22,24,28). The second-order valence-electron chi connectivity index (χ2n) is 6.68. The lowest BCUT2D eigenvalue weighted by Crippen LogP contribution is -2.28. The predicted molar refractivity (Wildman–Crippen MR) is 106 cm³/mol. The van der Waals surface area contributed by atoms with E-state index in [-0.39, 0.29) is 36.6 Å². The number of benzene rings is 2. The Labute approximate surface area is 169 Å². The number of amides is 3. The van der Waals surface area contributed by atoms with E-state index in [0.717, 1.165) is 10.3 Å². The van der Waals surface area contributed by atoms with E-state index in [0.29, 0.717) is 22.6 Å². The summed E-state index contributed by atoms with van der Waals surface area (Å²) in [7, 11) is 0. The van der Waals surface area contributed by atoms with E-state index >= 15 is 0 Å². The zero-order valence-corrected chi connectivity index (χ0v) is 15.5. The van der Waals surface area contributed by atoms with Crippen molar-refractivity contribution in [3.05, 3.63) is 60.2 Å². The average molecular weight is 402 g/mol. The molecule has 1 aliphatic rings. The molecular weight excluding hydrogens is 388 g/mol. The minimum atomic E-state index is -0.472. The summed E-state index contributed by atoms with van der Waals surface area (Å²) in [5.41, 5.74) is 1.43. The van der Waals surface area contributed by atoms with E-state index in [1.807, 2.05) is 24.3 Å². The van der Waals surface area contributed by atoms with Crippen molar-refractivity contribution in [1.82, 2.24) is 10.2 Å². The first-order valence-electron chi connectivity index (χ1n) is 9.18. The van der Waals surface area contributed by atoms with Gasteiger partial charge < -0.3 is 8.83 Å². The third-order valence-corrected chi connectivity index (χ3v) is 4.72. The number of imide groups is 1. The van der Waals surface area contributed by atoms with Crippen LogP contribution in [-0.4, -0.2) is 27.9 Å². The summed E-state index contributed by atoms with van der Waals surface area (Å²) in [5.74, 6) is -0.431. The molecule has 0 aliphatic carbocycles. The Morgan fingerprint density at radius 2 is 1.67 bits per heavy atom. The fourth-order valence-corrected chi connectivity index (χ4v) is 3.26. The van der Waals surface area contributed by atoms with Crippen LogP contribution in [0, 0.1) is 0 Å². The first kappa shape index (κ1) is 17.8. The summed E-state index contributed by atoms with van der Waals surface area (Å²) in [6, 6.07) is 15.3. The van der Waals surface area contributed by atoms with Gasteiger partial charge in [-0.25, -0.2) is 0 Å². The fourth-order valence-electron chi connectivity index (χ4n) is 3.26. The van der Waals surface area contributed by atoms with Crippen LogP contribution in [0.2, 0.25) is 0 Å². The largest absolute Gasteiger partial charge is 0.451 e. The van der Waals surface area contributed by atoms with E-state index in [1.165, 1.54) is 12.1 Å². The highest BCUT2D eigenvalue weighted by Crippen LogP contribution is 2.28. The molecule has 0 bridgehead atoms. The molecular formula is C21H14N4O5. The third kappa shape index (κ3) is 3.12. The molecule has 9 nitrogen and oxygen atoms in total. The number of carbonyl (C=O) groups is 3. The topological polar surface area (TPSA) is 119 Å². The van der Waals surface area contributed by atoms with Crippen molar-refractivity contribution in [1.29, 1.82) is 0 Å². The third-order valence-electron chi connectivity index (χ3n) is 4.72. The van der Waals surface area contributed by atoms with Crippen LogP contribution in [-0.2, 0) is 9.59 Å². The van der Waals surface area contributed by atoms with Crippen molar-refractivity contribution >= 4 is 40.4 Å². The van der Waals surface area contributed by atoms with E-state index in [1.54, 1.807) is 18.2 Å². The van der Waals surface area contributed by atoms with Crippen molar-refractivity contribution in [2.45, 2.75) is 12.8 Å². The second-order valence-corrected chi connectivity index (χ2v) is 6.68. The van der Waals surface area contributed by atoms with Gasteiger partial charge in [0.1, 0.15) is 5.58 Å². The van der Waals surface area contributed by atoms with Crippen LogP contribution in [0.25, 0.3) is 22.6 Å². The number of para-hydroxylation sites is 1. The van der Waals surface area contributed by atoms with E-state index < -0.39 is 5.91 Å². The zero-order valence-electron chi connectivity index (χ0n) is 15.5.